The largest absolute Gasteiger partial charge is 0.324 e. The van der Waals surface area contributed by atoms with E-state index in [-0.39, 0.29) is 11.9 Å². The summed E-state index contributed by atoms with van der Waals surface area (Å²) in [4.78, 5) is 11.1. The van der Waals surface area contributed by atoms with Gasteiger partial charge in [0, 0.05) is 11.7 Å². The van der Waals surface area contributed by atoms with Gasteiger partial charge < -0.3 is 11.1 Å². The Morgan fingerprint density at radius 2 is 2.40 bits per heavy atom. The molecular weight excluding hydrogens is 188 g/mol. The number of amides is 1. The summed E-state index contributed by atoms with van der Waals surface area (Å²) < 4.78 is 0. The smallest absolute Gasteiger partial charge is 0.247 e. The summed E-state index contributed by atoms with van der Waals surface area (Å²) >= 11 is 0. The van der Waals surface area contributed by atoms with E-state index in [4.69, 9.17) is 5.73 Å². The van der Waals surface area contributed by atoms with Crippen LogP contribution in [0.25, 0.3) is 0 Å². The maximum Gasteiger partial charge on any atom is 0.247 e. The minimum atomic E-state index is -0.193. The molecule has 1 amide bonds. The molecule has 2 rings (SSSR count). The second-order valence-corrected chi connectivity index (χ2v) is 3.75. The minimum absolute atomic E-state index is 0.112. The molecule has 3 N–H and O–H groups in total. The van der Waals surface area contributed by atoms with Crippen molar-refractivity contribution in [1.82, 2.24) is 0 Å². The van der Waals surface area contributed by atoms with Crippen molar-refractivity contribution in [3.05, 3.63) is 42.0 Å². The monoisotopic (exact) mass is 202 g/mol. The zero-order chi connectivity index (χ0) is 10.8. The fourth-order valence-electron chi connectivity index (χ4n) is 1.91. The Hall–Kier alpha value is -1.61. The lowest BCUT2D eigenvalue weighted by molar-refractivity contribution is -0.111. The highest BCUT2D eigenvalue weighted by atomic mass is 16.1. The molecule has 1 aliphatic carbocycles. The van der Waals surface area contributed by atoms with Gasteiger partial charge in [-0.15, -0.1) is 0 Å². The lowest BCUT2D eigenvalue weighted by Gasteiger charge is -2.08. The predicted molar refractivity (Wildman–Crippen MR) is 60.5 cm³/mol. The lowest BCUT2D eigenvalue weighted by atomic mass is 10.1. The van der Waals surface area contributed by atoms with Crippen molar-refractivity contribution >= 4 is 11.6 Å². The molecule has 1 atom stereocenters. The van der Waals surface area contributed by atoms with Gasteiger partial charge in [-0.1, -0.05) is 12.6 Å². The van der Waals surface area contributed by atoms with Crippen LogP contribution in [0.3, 0.4) is 0 Å². The summed E-state index contributed by atoms with van der Waals surface area (Å²) in [6.07, 6.45) is 3.29. The number of hydrogen-bond acceptors (Lipinski definition) is 2. The van der Waals surface area contributed by atoms with Gasteiger partial charge in [-0.2, -0.15) is 0 Å². The number of anilines is 1. The number of carbonyl (C=O) groups excluding carboxylic acids is 1. The zero-order valence-electron chi connectivity index (χ0n) is 8.49. The molecule has 1 aliphatic rings. The molecule has 0 radical (unpaired) electrons. The summed E-state index contributed by atoms with van der Waals surface area (Å²) in [5.74, 6) is -0.193. The summed E-state index contributed by atoms with van der Waals surface area (Å²) in [5, 5.41) is 2.73. The molecule has 0 saturated heterocycles. The molecule has 0 aliphatic heterocycles. The number of carbonyl (C=O) groups is 1. The number of hydrogen-bond donors (Lipinski definition) is 2. The van der Waals surface area contributed by atoms with Crippen molar-refractivity contribution in [2.45, 2.75) is 18.9 Å². The van der Waals surface area contributed by atoms with Crippen LogP contribution in [0, 0.1) is 0 Å². The summed E-state index contributed by atoms with van der Waals surface area (Å²) in [7, 11) is 0. The Bertz CT molecular complexity index is 412. The maximum atomic E-state index is 11.1. The number of nitrogens with two attached hydrogens (primary N) is 1. The van der Waals surface area contributed by atoms with E-state index in [1.807, 2.05) is 18.2 Å². The van der Waals surface area contributed by atoms with Crippen molar-refractivity contribution < 1.29 is 4.79 Å². The molecule has 0 fully saturated rings. The Balaban J connectivity index is 2.25. The summed E-state index contributed by atoms with van der Waals surface area (Å²) in [6, 6.07) is 5.99. The Morgan fingerprint density at radius 1 is 1.60 bits per heavy atom. The first-order valence-electron chi connectivity index (χ1n) is 5.02. The van der Waals surface area contributed by atoms with Gasteiger partial charge in [-0.3, -0.25) is 4.79 Å². The SMILES string of the molecule is C=CC(=O)Nc1ccc2c(c1)C(N)CC2. The molecule has 0 heterocycles. The highest BCUT2D eigenvalue weighted by molar-refractivity contribution is 5.98. The molecule has 15 heavy (non-hydrogen) atoms. The van der Waals surface area contributed by atoms with Gasteiger partial charge in [0.2, 0.25) is 5.91 Å². The van der Waals surface area contributed by atoms with E-state index in [1.54, 1.807) is 0 Å². The van der Waals surface area contributed by atoms with Gasteiger partial charge in [0.15, 0.2) is 0 Å². The van der Waals surface area contributed by atoms with Crippen LogP contribution in [-0.2, 0) is 11.2 Å². The van der Waals surface area contributed by atoms with Crippen LogP contribution in [-0.4, -0.2) is 5.91 Å². The predicted octanol–water partition coefficient (Wildman–Crippen LogP) is 1.76. The van der Waals surface area contributed by atoms with Crippen LogP contribution in [0.15, 0.2) is 30.9 Å². The molecule has 0 aromatic heterocycles. The van der Waals surface area contributed by atoms with Crippen LogP contribution in [0.5, 0.6) is 0 Å². The number of benzene rings is 1. The third-order valence-electron chi connectivity index (χ3n) is 2.72. The normalized spacial score (nSPS) is 18.3. The first-order chi connectivity index (χ1) is 7.20. The topological polar surface area (TPSA) is 55.1 Å². The Morgan fingerprint density at radius 3 is 3.13 bits per heavy atom. The average Bonchev–Trinajstić information content (AvgIpc) is 2.60. The van der Waals surface area contributed by atoms with Crippen molar-refractivity contribution in [3.63, 3.8) is 0 Å². The Labute approximate surface area is 89.0 Å². The Kier molecular flexibility index (Phi) is 2.56. The van der Waals surface area contributed by atoms with Crippen LogP contribution in [0.1, 0.15) is 23.6 Å². The second kappa shape index (κ2) is 3.87. The molecule has 1 aromatic rings. The molecule has 1 unspecified atom stereocenters. The third kappa shape index (κ3) is 1.92. The summed E-state index contributed by atoms with van der Waals surface area (Å²) in [6.45, 7) is 3.41. The lowest BCUT2D eigenvalue weighted by Crippen LogP contribution is -2.09. The fourth-order valence-corrected chi connectivity index (χ4v) is 1.91. The highest BCUT2D eigenvalue weighted by Gasteiger charge is 2.18. The van der Waals surface area contributed by atoms with Crippen LogP contribution in [0.4, 0.5) is 5.69 Å². The van der Waals surface area contributed by atoms with Crippen molar-refractivity contribution in [2.24, 2.45) is 5.73 Å². The van der Waals surface area contributed by atoms with E-state index in [2.05, 4.69) is 11.9 Å². The standard InChI is InChI=1S/C12H14N2O/c1-2-12(15)14-9-5-3-8-4-6-11(13)10(8)7-9/h2-3,5,7,11H,1,4,6,13H2,(H,14,15). The van der Waals surface area contributed by atoms with Gasteiger partial charge in [-0.05, 0) is 42.2 Å². The van der Waals surface area contributed by atoms with E-state index in [0.29, 0.717) is 0 Å². The van der Waals surface area contributed by atoms with Gasteiger partial charge in [0.05, 0.1) is 0 Å². The number of rotatable bonds is 2. The molecule has 78 valence electrons. The molecule has 0 bridgehead atoms. The van der Waals surface area contributed by atoms with Gasteiger partial charge >= 0.3 is 0 Å². The first-order valence-corrected chi connectivity index (χ1v) is 5.02. The second-order valence-electron chi connectivity index (χ2n) is 3.75. The third-order valence-corrected chi connectivity index (χ3v) is 2.72. The highest BCUT2D eigenvalue weighted by Crippen LogP contribution is 2.31. The quantitative estimate of drug-likeness (QED) is 0.718. The van der Waals surface area contributed by atoms with E-state index < -0.39 is 0 Å². The number of nitrogens with one attached hydrogen (secondary N) is 1. The van der Waals surface area contributed by atoms with E-state index >= 15 is 0 Å². The number of fused-ring (bicyclic) bond motifs is 1. The number of aryl methyl sites for hydroxylation is 1. The van der Waals surface area contributed by atoms with Crippen LogP contribution in [0.2, 0.25) is 0 Å². The maximum absolute atomic E-state index is 11.1. The summed E-state index contributed by atoms with van der Waals surface area (Å²) in [5.41, 5.74) is 9.17. The minimum Gasteiger partial charge on any atom is -0.324 e. The van der Waals surface area contributed by atoms with Gasteiger partial charge in [0.1, 0.15) is 0 Å². The molecule has 0 saturated carbocycles. The molecule has 0 spiro atoms. The van der Waals surface area contributed by atoms with Gasteiger partial charge in [-0.25, -0.2) is 0 Å². The van der Waals surface area contributed by atoms with E-state index in [0.717, 1.165) is 24.1 Å². The molecule has 3 heteroatoms. The molecule has 1 aromatic carbocycles. The van der Waals surface area contributed by atoms with Crippen LogP contribution < -0.4 is 11.1 Å². The average molecular weight is 202 g/mol. The zero-order valence-corrected chi connectivity index (χ0v) is 8.49. The van der Waals surface area contributed by atoms with E-state index in [9.17, 15) is 4.79 Å². The van der Waals surface area contributed by atoms with E-state index in [1.165, 1.54) is 11.6 Å². The fraction of sp³-hybridized carbons (Fsp3) is 0.250. The molecule has 3 nitrogen and oxygen atoms in total. The van der Waals surface area contributed by atoms with Crippen molar-refractivity contribution in [2.75, 3.05) is 5.32 Å². The first kappa shape index (κ1) is 9.93. The van der Waals surface area contributed by atoms with Gasteiger partial charge in [0.25, 0.3) is 0 Å². The van der Waals surface area contributed by atoms with Crippen molar-refractivity contribution in [1.29, 1.82) is 0 Å². The van der Waals surface area contributed by atoms with Crippen LogP contribution >= 0.6 is 0 Å². The van der Waals surface area contributed by atoms with Crippen molar-refractivity contribution in [3.8, 4) is 0 Å². The molecular formula is C12H14N2O.